The van der Waals surface area contributed by atoms with E-state index in [1.807, 2.05) is 0 Å². The summed E-state index contributed by atoms with van der Waals surface area (Å²) < 4.78 is 0. The Morgan fingerprint density at radius 2 is 2.05 bits per heavy atom. The molecule has 0 spiro atoms. The second-order valence-corrected chi connectivity index (χ2v) is 8.67. The van der Waals surface area contributed by atoms with Gasteiger partial charge in [0.2, 0.25) is 0 Å². The number of aliphatic hydroxyl groups excluding tert-OH is 1. The fraction of sp³-hybridized carbons (Fsp3) is 0.824. The van der Waals surface area contributed by atoms with Crippen LogP contribution in [0.1, 0.15) is 64.6 Å². The summed E-state index contributed by atoms with van der Waals surface area (Å²) in [5.74, 6) is 1.90. The number of thiazole rings is 1. The minimum Gasteiger partial charge on any atom is -0.393 e. The van der Waals surface area contributed by atoms with Crippen molar-refractivity contribution in [3.63, 3.8) is 0 Å². The molecule has 114 valence electrons. The second-order valence-electron chi connectivity index (χ2n) is 7.73. The van der Waals surface area contributed by atoms with E-state index in [0.717, 1.165) is 31.1 Å². The fourth-order valence-electron chi connectivity index (χ4n) is 3.08. The molecule has 3 atom stereocenters. The molecule has 3 unspecified atom stereocenters. The van der Waals surface area contributed by atoms with Crippen LogP contribution >= 0.6 is 11.3 Å². The van der Waals surface area contributed by atoms with Crippen LogP contribution in [-0.4, -0.2) is 16.2 Å². The van der Waals surface area contributed by atoms with Gasteiger partial charge in [0.25, 0.3) is 0 Å². The van der Waals surface area contributed by atoms with Crippen LogP contribution in [0.5, 0.6) is 0 Å². The first-order valence-electron chi connectivity index (χ1n) is 7.90. The fourth-order valence-corrected chi connectivity index (χ4v) is 4.20. The van der Waals surface area contributed by atoms with E-state index >= 15 is 0 Å². The maximum absolute atomic E-state index is 10.3. The maximum Gasteiger partial charge on any atom is 0.0932 e. The molecule has 20 heavy (non-hydrogen) atoms. The molecular weight excluding hydrogens is 266 g/mol. The monoisotopic (exact) mass is 295 g/mol. The van der Waals surface area contributed by atoms with Gasteiger partial charge in [-0.15, -0.1) is 11.3 Å². The smallest absolute Gasteiger partial charge is 0.0932 e. The standard InChI is InChI=1S/C17H29NOS/c1-11(2)12-6-7-14(19)13(8-12)9-16-18-15(10-20-16)17(3,4)5/h10-14,19H,6-9H2,1-5H3. The lowest BCUT2D eigenvalue weighted by Crippen LogP contribution is -2.32. The number of aromatic nitrogens is 1. The molecule has 1 aromatic rings. The highest BCUT2D eigenvalue weighted by molar-refractivity contribution is 7.09. The summed E-state index contributed by atoms with van der Waals surface area (Å²) >= 11 is 1.76. The van der Waals surface area contributed by atoms with E-state index in [2.05, 4.69) is 40.0 Å². The average molecular weight is 295 g/mol. The Kier molecular flexibility index (Phi) is 4.91. The molecular formula is C17H29NOS. The third-order valence-corrected chi connectivity index (χ3v) is 5.55. The van der Waals surface area contributed by atoms with Crippen molar-refractivity contribution < 1.29 is 5.11 Å². The lowest BCUT2D eigenvalue weighted by Gasteiger charge is -2.35. The minimum atomic E-state index is -0.132. The van der Waals surface area contributed by atoms with Crippen molar-refractivity contribution >= 4 is 11.3 Å². The molecule has 3 heteroatoms. The summed E-state index contributed by atoms with van der Waals surface area (Å²) in [6.07, 6.45) is 4.12. The van der Waals surface area contributed by atoms with Gasteiger partial charge < -0.3 is 5.11 Å². The largest absolute Gasteiger partial charge is 0.393 e. The van der Waals surface area contributed by atoms with Crippen LogP contribution in [-0.2, 0) is 11.8 Å². The molecule has 2 rings (SSSR count). The van der Waals surface area contributed by atoms with Crippen molar-refractivity contribution in [3.8, 4) is 0 Å². The third kappa shape index (κ3) is 3.82. The normalized spacial score (nSPS) is 28.1. The first-order valence-corrected chi connectivity index (χ1v) is 8.78. The molecule has 1 aliphatic carbocycles. The topological polar surface area (TPSA) is 33.1 Å². The first-order chi connectivity index (χ1) is 9.27. The van der Waals surface area contributed by atoms with Crippen molar-refractivity contribution in [3.05, 3.63) is 16.1 Å². The molecule has 1 aliphatic rings. The summed E-state index contributed by atoms with van der Waals surface area (Å²) in [5, 5.41) is 13.7. The molecule has 0 radical (unpaired) electrons. The molecule has 0 bridgehead atoms. The highest BCUT2D eigenvalue weighted by Crippen LogP contribution is 2.36. The summed E-state index contributed by atoms with van der Waals surface area (Å²) in [7, 11) is 0. The predicted octanol–water partition coefficient (Wildman–Crippen LogP) is 4.42. The number of rotatable bonds is 3. The van der Waals surface area contributed by atoms with Gasteiger partial charge in [-0.05, 0) is 37.0 Å². The molecule has 1 N–H and O–H groups in total. The van der Waals surface area contributed by atoms with E-state index in [0.29, 0.717) is 5.92 Å². The Morgan fingerprint density at radius 1 is 1.35 bits per heavy atom. The van der Waals surface area contributed by atoms with Gasteiger partial charge in [-0.25, -0.2) is 4.98 Å². The molecule has 0 amide bonds. The van der Waals surface area contributed by atoms with Crippen LogP contribution in [0.3, 0.4) is 0 Å². The van der Waals surface area contributed by atoms with Crippen LogP contribution in [0.2, 0.25) is 0 Å². The quantitative estimate of drug-likeness (QED) is 0.895. The Labute approximate surface area is 127 Å². The van der Waals surface area contributed by atoms with Gasteiger partial charge in [0.05, 0.1) is 16.8 Å². The van der Waals surface area contributed by atoms with E-state index in [9.17, 15) is 5.11 Å². The summed E-state index contributed by atoms with van der Waals surface area (Å²) in [6, 6.07) is 0. The van der Waals surface area contributed by atoms with Crippen LogP contribution in [0.4, 0.5) is 0 Å². The number of hydrogen-bond acceptors (Lipinski definition) is 3. The molecule has 2 nitrogen and oxygen atoms in total. The van der Waals surface area contributed by atoms with Crippen molar-refractivity contribution in [1.82, 2.24) is 4.98 Å². The van der Waals surface area contributed by atoms with Crippen LogP contribution in [0, 0.1) is 17.8 Å². The maximum atomic E-state index is 10.3. The SMILES string of the molecule is CC(C)C1CCC(O)C(Cc2nc(C(C)(C)C)cs2)C1. The van der Waals surface area contributed by atoms with Gasteiger partial charge in [-0.2, -0.15) is 0 Å². The Morgan fingerprint density at radius 3 is 2.60 bits per heavy atom. The van der Waals surface area contributed by atoms with Gasteiger partial charge >= 0.3 is 0 Å². The van der Waals surface area contributed by atoms with E-state index < -0.39 is 0 Å². The molecule has 1 saturated carbocycles. The Balaban J connectivity index is 2.02. The molecule has 1 heterocycles. The lowest BCUT2D eigenvalue weighted by atomic mass is 9.74. The van der Waals surface area contributed by atoms with Gasteiger partial charge in [-0.1, -0.05) is 34.6 Å². The van der Waals surface area contributed by atoms with Gasteiger partial charge in [0.1, 0.15) is 0 Å². The van der Waals surface area contributed by atoms with Crippen LogP contribution < -0.4 is 0 Å². The van der Waals surface area contributed by atoms with E-state index in [-0.39, 0.29) is 11.5 Å². The summed E-state index contributed by atoms with van der Waals surface area (Å²) in [5.41, 5.74) is 1.31. The van der Waals surface area contributed by atoms with Crippen molar-refractivity contribution in [2.75, 3.05) is 0 Å². The van der Waals surface area contributed by atoms with E-state index in [1.165, 1.54) is 17.1 Å². The van der Waals surface area contributed by atoms with Crippen molar-refractivity contribution in [2.45, 2.75) is 71.8 Å². The zero-order valence-corrected chi connectivity index (χ0v) is 14.3. The third-order valence-electron chi connectivity index (χ3n) is 4.68. The predicted molar refractivity (Wildman–Crippen MR) is 86.2 cm³/mol. The molecule has 0 aromatic carbocycles. The molecule has 1 aromatic heterocycles. The zero-order chi connectivity index (χ0) is 14.9. The van der Waals surface area contributed by atoms with Gasteiger partial charge in [0, 0.05) is 17.2 Å². The number of hydrogen-bond donors (Lipinski definition) is 1. The zero-order valence-electron chi connectivity index (χ0n) is 13.5. The Bertz CT molecular complexity index is 432. The highest BCUT2D eigenvalue weighted by Gasteiger charge is 2.31. The van der Waals surface area contributed by atoms with Gasteiger partial charge in [0.15, 0.2) is 0 Å². The van der Waals surface area contributed by atoms with Gasteiger partial charge in [-0.3, -0.25) is 0 Å². The molecule has 1 fully saturated rings. The van der Waals surface area contributed by atoms with Crippen molar-refractivity contribution in [1.29, 1.82) is 0 Å². The summed E-state index contributed by atoms with van der Waals surface area (Å²) in [6.45, 7) is 11.2. The van der Waals surface area contributed by atoms with E-state index in [1.54, 1.807) is 11.3 Å². The second kappa shape index (κ2) is 6.15. The molecule has 0 aliphatic heterocycles. The van der Waals surface area contributed by atoms with E-state index in [4.69, 9.17) is 4.98 Å². The molecule has 0 saturated heterocycles. The van der Waals surface area contributed by atoms with Crippen LogP contribution in [0.25, 0.3) is 0 Å². The Hall–Kier alpha value is -0.410. The number of aliphatic hydroxyl groups is 1. The lowest BCUT2D eigenvalue weighted by molar-refractivity contribution is 0.0378. The first kappa shape index (κ1) is 16.0. The highest BCUT2D eigenvalue weighted by atomic mass is 32.1. The summed E-state index contributed by atoms with van der Waals surface area (Å²) in [4.78, 5) is 4.79. The minimum absolute atomic E-state index is 0.125. The van der Waals surface area contributed by atoms with Crippen LogP contribution in [0.15, 0.2) is 5.38 Å². The number of nitrogens with zero attached hydrogens (tertiary/aromatic N) is 1. The average Bonchev–Trinajstić information content (AvgIpc) is 2.80. The van der Waals surface area contributed by atoms with Crippen molar-refractivity contribution in [2.24, 2.45) is 17.8 Å².